The Morgan fingerprint density at radius 1 is 0.643 bits per heavy atom. The minimum atomic E-state index is 0.135. The molecule has 14 heavy (non-hydrogen) atoms. The Hall–Kier alpha value is -0.340. The summed E-state index contributed by atoms with van der Waals surface area (Å²) in [5.41, 5.74) is 2.18. The Kier molecular flexibility index (Phi) is 5.88. The lowest BCUT2D eigenvalue weighted by molar-refractivity contribution is 0.301. The predicted octanol–water partition coefficient (Wildman–Crippen LogP) is 2.40. The highest BCUT2D eigenvalue weighted by molar-refractivity contribution is 5.15. The zero-order chi connectivity index (χ0) is 10.2. The Morgan fingerprint density at radius 3 is 1.36 bits per heavy atom. The van der Waals surface area contributed by atoms with E-state index in [4.69, 9.17) is 0 Å². The van der Waals surface area contributed by atoms with E-state index in [1.807, 2.05) is 0 Å². The molecule has 1 aliphatic carbocycles. The number of hydrogen-bond acceptors (Lipinski definition) is 2. The maximum Gasteiger partial charge on any atom is 0.0645 e. The van der Waals surface area contributed by atoms with Gasteiger partial charge in [0.2, 0.25) is 0 Å². The minimum Gasteiger partial charge on any atom is -0.392 e. The lowest BCUT2D eigenvalue weighted by Crippen LogP contribution is -2.03. The molecule has 0 saturated heterocycles. The first-order valence-corrected chi connectivity index (χ1v) is 5.80. The van der Waals surface area contributed by atoms with Gasteiger partial charge in [0.05, 0.1) is 13.2 Å². The van der Waals surface area contributed by atoms with E-state index >= 15 is 0 Å². The van der Waals surface area contributed by atoms with E-state index < -0.39 is 0 Å². The van der Waals surface area contributed by atoms with Gasteiger partial charge < -0.3 is 10.2 Å². The van der Waals surface area contributed by atoms with Gasteiger partial charge in [-0.1, -0.05) is 25.7 Å². The van der Waals surface area contributed by atoms with Gasteiger partial charge in [-0.05, 0) is 36.8 Å². The molecule has 0 atom stereocenters. The summed E-state index contributed by atoms with van der Waals surface area (Å²) in [5, 5.41) is 18.4. The van der Waals surface area contributed by atoms with E-state index in [2.05, 4.69) is 0 Å². The van der Waals surface area contributed by atoms with Gasteiger partial charge in [-0.2, -0.15) is 0 Å². The van der Waals surface area contributed by atoms with Crippen LogP contribution < -0.4 is 0 Å². The summed E-state index contributed by atoms with van der Waals surface area (Å²) in [6.45, 7) is 0.270. The Balaban J connectivity index is 2.59. The van der Waals surface area contributed by atoms with Crippen LogP contribution in [0.5, 0.6) is 0 Å². The molecule has 0 spiro atoms. The van der Waals surface area contributed by atoms with Crippen LogP contribution in [0.1, 0.15) is 51.4 Å². The van der Waals surface area contributed by atoms with Gasteiger partial charge in [0, 0.05) is 0 Å². The highest BCUT2D eigenvalue weighted by Crippen LogP contribution is 2.21. The third-order valence-electron chi connectivity index (χ3n) is 3.09. The number of rotatable bonds is 2. The average Bonchev–Trinajstić information content (AvgIpc) is 2.24. The van der Waals surface area contributed by atoms with E-state index in [9.17, 15) is 10.2 Å². The summed E-state index contributed by atoms with van der Waals surface area (Å²) in [6.07, 6.45) is 9.47. The molecule has 1 aliphatic rings. The molecule has 0 bridgehead atoms. The third kappa shape index (κ3) is 3.81. The van der Waals surface area contributed by atoms with Crippen molar-refractivity contribution in [2.24, 2.45) is 0 Å². The zero-order valence-electron chi connectivity index (χ0n) is 8.97. The van der Waals surface area contributed by atoms with Crippen molar-refractivity contribution in [1.82, 2.24) is 0 Å². The van der Waals surface area contributed by atoms with Crippen LogP contribution >= 0.6 is 0 Å². The summed E-state index contributed by atoms with van der Waals surface area (Å²) in [6, 6.07) is 0. The van der Waals surface area contributed by atoms with Crippen LogP contribution in [0.2, 0.25) is 0 Å². The molecule has 0 saturated carbocycles. The lowest BCUT2D eigenvalue weighted by Gasteiger charge is -2.14. The first-order chi connectivity index (χ1) is 6.88. The van der Waals surface area contributed by atoms with Gasteiger partial charge in [-0.15, -0.1) is 0 Å². The SMILES string of the molecule is OCC1=C(CO)CCCCCCCC1. The van der Waals surface area contributed by atoms with E-state index in [0.717, 1.165) is 24.0 Å². The Labute approximate surface area is 86.6 Å². The second-order valence-corrected chi connectivity index (χ2v) is 4.14. The van der Waals surface area contributed by atoms with E-state index in [1.165, 1.54) is 38.5 Å². The molecule has 0 heterocycles. The molecular weight excluding hydrogens is 176 g/mol. The molecule has 2 N–H and O–H groups in total. The Bertz CT molecular complexity index is 165. The van der Waals surface area contributed by atoms with Crippen molar-refractivity contribution in [2.75, 3.05) is 13.2 Å². The summed E-state index contributed by atoms with van der Waals surface area (Å²) in [4.78, 5) is 0. The molecule has 0 aromatic heterocycles. The fraction of sp³-hybridized carbons (Fsp3) is 0.833. The first kappa shape index (κ1) is 11.7. The third-order valence-corrected chi connectivity index (χ3v) is 3.09. The standard InChI is InChI=1S/C12H22O2/c13-9-11-7-5-3-1-2-4-6-8-12(11)10-14/h13-14H,1-10H2. The molecular formula is C12H22O2. The van der Waals surface area contributed by atoms with E-state index in [1.54, 1.807) is 0 Å². The Morgan fingerprint density at radius 2 is 1.00 bits per heavy atom. The van der Waals surface area contributed by atoms with Crippen LogP contribution in [0.3, 0.4) is 0 Å². The minimum absolute atomic E-state index is 0.135. The van der Waals surface area contributed by atoms with Crippen LogP contribution in [0.25, 0.3) is 0 Å². The van der Waals surface area contributed by atoms with Crippen molar-refractivity contribution < 1.29 is 10.2 Å². The normalized spacial score (nSPS) is 21.0. The fourth-order valence-electron chi connectivity index (χ4n) is 2.12. The second-order valence-electron chi connectivity index (χ2n) is 4.14. The predicted molar refractivity (Wildman–Crippen MR) is 58.1 cm³/mol. The molecule has 0 fully saturated rings. The highest BCUT2D eigenvalue weighted by atomic mass is 16.3. The van der Waals surface area contributed by atoms with Gasteiger partial charge in [-0.25, -0.2) is 0 Å². The largest absolute Gasteiger partial charge is 0.392 e. The molecule has 2 nitrogen and oxygen atoms in total. The number of hydrogen-bond donors (Lipinski definition) is 2. The van der Waals surface area contributed by atoms with Crippen LogP contribution in [-0.4, -0.2) is 23.4 Å². The molecule has 0 amide bonds. The van der Waals surface area contributed by atoms with Crippen LogP contribution in [0.15, 0.2) is 11.1 Å². The quantitative estimate of drug-likeness (QED) is 0.669. The zero-order valence-corrected chi connectivity index (χ0v) is 8.97. The molecule has 0 aliphatic heterocycles. The monoisotopic (exact) mass is 198 g/mol. The molecule has 0 radical (unpaired) electrons. The maximum absolute atomic E-state index is 9.20. The van der Waals surface area contributed by atoms with E-state index in [-0.39, 0.29) is 13.2 Å². The van der Waals surface area contributed by atoms with E-state index in [0.29, 0.717) is 0 Å². The van der Waals surface area contributed by atoms with Crippen molar-refractivity contribution in [2.45, 2.75) is 51.4 Å². The maximum atomic E-state index is 9.20. The summed E-state index contributed by atoms with van der Waals surface area (Å²) < 4.78 is 0. The van der Waals surface area contributed by atoms with Crippen molar-refractivity contribution in [3.8, 4) is 0 Å². The van der Waals surface area contributed by atoms with Gasteiger partial charge in [0.15, 0.2) is 0 Å². The smallest absolute Gasteiger partial charge is 0.0645 e. The molecule has 0 aromatic rings. The fourth-order valence-corrected chi connectivity index (χ4v) is 2.12. The van der Waals surface area contributed by atoms with Gasteiger partial charge in [0.25, 0.3) is 0 Å². The summed E-state index contributed by atoms with van der Waals surface area (Å²) in [5.74, 6) is 0. The molecule has 2 heteroatoms. The topological polar surface area (TPSA) is 40.5 Å². The van der Waals surface area contributed by atoms with Crippen LogP contribution in [0.4, 0.5) is 0 Å². The van der Waals surface area contributed by atoms with Gasteiger partial charge in [0.1, 0.15) is 0 Å². The molecule has 82 valence electrons. The van der Waals surface area contributed by atoms with Crippen molar-refractivity contribution in [1.29, 1.82) is 0 Å². The summed E-state index contributed by atoms with van der Waals surface area (Å²) >= 11 is 0. The average molecular weight is 198 g/mol. The van der Waals surface area contributed by atoms with Gasteiger partial charge in [-0.3, -0.25) is 0 Å². The lowest BCUT2D eigenvalue weighted by atomic mass is 9.95. The molecule has 0 unspecified atom stereocenters. The van der Waals surface area contributed by atoms with Gasteiger partial charge >= 0.3 is 0 Å². The number of aliphatic hydroxyl groups is 2. The van der Waals surface area contributed by atoms with Crippen LogP contribution in [0, 0.1) is 0 Å². The number of aliphatic hydroxyl groups excluding tert-OH is 2. The summed E-state index contributed by atoms with van der Waals surface area (Å²) in [7, 11) is 0. The highest BCUT2D eigenvalue weighted by Gasteiger charge is 2.07. The van der Waals surface area contributed by atoms with Crippen molar-refractivity contribution >= 4 is 0 Å². The van der Waals surface area contributed by atoms with Crippen molar-refractivity contribution in [3.05, 3.63) is 11.1 Å². The molecule has 1 rings (SSSR count). The first-order valence-electron chi connectivity index (χ1n) is 5.80. The molecule has 0 aromatic carbocycles. The van der Waals surface area contributed by atoms with Crippen molar-refractivity contribution in [3.63, 3.8) is 0 Å². The second kappa shape index (κ2) is 7.02. The van der Waals surface area contributed by atoms with Crippen LogP contribution in [-0.2, 0) is 0 Å².